The number of fused-ring (bicyclic) bond motifs is 1. The SMILES string of the molecule is Fc1ccc(-c2nnc(CCCCc3ccc4cccnc4n3)o2)cc1C(F)(F)F. The van der Waals surface area contributed by atoms with Gasteiger partial charge in [-0.25, -0.2) is 14.4 Å². The number of hydrogen-bond donors (Lipinski definition) is 0. The Bertz CT molecular complexity index is 1170. The summed E-state index contributed by atoms with van der Waals surface area (Å²) in [6, 6.07) is 10.3. The first-order valence-electron chi connectivity index (χ1n) is 9.30. The average Bonchev–Trinajstić information content (AvgIpc) is 3.19. The van der Waals surface area contributed by atoms with E-state index < -0.39 is 17.6 Å². The normalized spacial score (nSPS) is 11.9. The van der Waals surface area contributed by atoms with Crippen LogP contribution in [0, 0.1) is 5.82 Å². The van der Waals surface area contributed by atoms with Gasteiger partial charge in [0, 0.05) is 29.3 Å². The highest BCUT2D eigenvalue weighted by atomic mass is 19.4. The van der Waals surface area contributed by atoms with Gasteiger partial charge in [-0.1, -0.05) is 0 Å². The van der Waals surface area contributed by atoms with Crippen LogP contribution in [0.1, 0.15) is 30.0 Å². The van der Waals surface area contributed by atoms with Gasteiger partial charge in [0.1, 0.15) is 5.82 Å². The molecule has 0 radical (unpaired) electrons. The molecule has 0 unspecified atom stereocenters. The zero-order chi connectivity index (χ0) is 21.1. The fraction of sp³-hybridized carbons (Fsp3) is 0.238. The van der Waals surface area contributed by atoms with Gasteiger partial charge in [-0.3, -0.25) is 0 Å². The van der Waals surface area contributed by atoms with Crippen molar-refractivity contribution in [2.75, 3.05) is 0 Å². The number of aromatic nitrogens is 4. The van der Waals surface area contributed by atoms with E-state index in [0.29, 0.717) is 24.0 Å². The van der Waals surface area contributed by atoms with Gasteiger partial charge in [0.15, 0.2) is 5.65 Å². The Hall–Kier alpha value is -3.36. The highest BCUT2D eigenvalue weighted by Gasteiger charge is 2.34. The number of alkyl halides is 3. The first-order chi connectivity index (χ1) is 14.4. The van der Waals surface area contributed by atoms with Crippen molar-refractivity contribution in [3.05, 3.63) is 71.6 Å². The van der Waals surface area contributed by atoms with Crippen LogP contribution in [0.15, 0.2) is 53.1 Å². The van der Waals surface area contributed by atoms with Gasteiger partial charge < -0.3 is 4.42 Å². The molecule has 0 fully saturated rings. The molecule has 0 N–H and O–H groups in total. The van der Waals surface area contributed by atoms with Crippen LogP contribution >= 0.6 is 0 Å². The number of rotatable bonds is 6. The third kappa shape index (κ3) is 4.45. The van der Waals surface area contributed by atoms with E-state index in [2.05, 4.69) is 20.2 Å². The molecular formula is C21H16F4N4O. The molecule has 1 aromatic carbocycles. The van der Waals surface area contributed by atoms with Crippen LogP contribution in [0.4, 0.5) is 17.6 Å². The largest absolute Gasteiger partial charge is 0.421 e. The van der Waals surface area contributed by atoms with Crippen molar-refractivity contribution in [1.29, 1.82) is 0 Å². The standard InChI is InChI=1S/C21H16F4N4O/c22-17-10-8-14(12-16(17)21(23,24)25)20-29-28-18(30-20)6-2-1-5-15-9-7-13-4-3-11-26-19(13)27-15/h3-4,7-12H,1-2,5-6H2. The molecule has 154 valence electrons. The maximum Gasteiger partial charge on any atom is 0.419 e. The van der Waals surface area contributed by atoms with E-state index in [4.69, 9.17) is 4.42 Å². The summed E-state index contributed by atoms with van der Waals surface area (Å²) >= 11 is 0. The predicted molar refractivity (Wildman–Crippen MR) is 101 cm³/mol. The van der Waals surface area contributed by atoms with Crippen molar-refractivity contribution in [3.8, 4) is 11.5 Å². The second-order valence-electron chi connectivity index (χ2n) is 6.75. The minimum absolute atomic E-state index is 0.0235. The van der Waals surface area contributed by atoms with Crippen LogP contribution in [0.25, 0.3) is 22.5 Å². The second-order valence-corrected chi connectivity index (χ2v) is 6.75. The number of nitrogens with zero attached hydrogens (tertiary/aromatic N) is 4. The summed E-state index contributed by atoms with van der Waals surface area (Å²) in [7, 11) is 0. The van der Waals surface area contributed by atoms with E-state index in [0.717, 1.165) is 36.4 Å². The summed E-state index contributed by atoms with van der Waals surface area (Å²) < 4.78 is 57.5. The molecule has 0 atom stereocenters. The number of hydrogen-bond acceptors (Lipinski definition) is 5. The first-order valence-corrected chi connectivity index (χ1v) is 9.30. The van der Waals surface area contributed by atoms with Crippen LogP contribution in [-0.2, 0) is 19.0 Å². The Kier molecular flexibility index (Phi) is 5.43. The molecule has 3 aromatic heterocycles. The van der Waals surface area contributed by atoms with Crippen LogP contribution in [0.3, 0.4) is 0 Å². The number of pyridine rings is 2. The summed E-state index contributed by atoms with van der Waals surface area (Å²) in [5, 5.41) is 8.64. The van der Waals surface area contributed by atoms with E-state index in [9.17, 15) is 17.6 Å². The highest BCUT2D eigenvalue weighted by molar-refractivity contribution is 5.74. The molecule has 4 rings (SSSR count). The zero-order valence-corrected chi connectivity index (χ0v) is 15.7. The summed E-state index contributed by atoms with van der Waals surface area (Å²) in [5.74, 6) is -1.10. The van der Waals surface area contributed by atoms with Crippen molar-refractivity contribution in [2.45, 2.75) is 31.9 Å². The molecule has 0 aliphatic rings. The smallest absolute Gasteiger partial charge is 0.419 e. The van der Waals surface area contributed by atoms with Crippen molar-refractivity contribution in [1.82, 2.24) is 20.2 Å². The Morgan fingerprint density at radius 1 is 0.933 bits per heavy atom. The minimum atomic E-state index is -4.80. The molecule has 9 heteroatoms. The van der Waals surface area contributed by atoms with Crippen LogP contribution in [-0.4, -0.2) is 20.2 Å². The van der Waals surface area contributed by atoms with E-state index in [-0.39, 0.29) is 11.5 Å². The third-order valence-electron chi connectivity index (χ3n) is 4.58. The van der Waals surface area contributed by atoms with Crippen LogP contribution in [0.2, 0.25) is 0 Å². The molecule has 5 nitrogen and oxygen atoms in total. The van der Waals surface area contributed by atoms with Crippen LogP contribution < -0.4 is 0 Å². The summed E-state index contributed by atoms with van der Waals surface area (Å²) in [6.45, 7) is 0. The summed E-state index contributed by atoms with van der Waals surface area (Å²) in [6.07, 6.45) is -0.314. The van der Waals surface area contributed by atoms with Crippen molar-refractivity contribution < 1.29 is 22.0 Å². The van der Waals surface area contributed by atoms with Gasteiger partial charge >= 0.3 is 6.18 Å². The number of halogens is 4. The van der Waals surface area contributed by atoms with Gasteiger partial charge in [0.2, 0.25) is 11.8 Å². The maximum absolute atomic E-state index is 13.4. The van der Waals surface area contributed by atoms with E-state index in [1.54, 1.807) is 6.20 Å². The molecule has 4 aromatic rings. The lowest BCUT2D eigenvalue weighted by atomic mass is 10.1. The van der Waals surface area contributed by atoms with Crippen LogP contribution in [0.5, 0.6) is 0 Å². The average molecular weight is 416 g/mol. The van der Waals surface area contributed by atoms with Crippen molar-refractivity contribution in [3.63, 3.8) is 0 Å². The molecule has 0 bridgehead atoms. The van der Waals surface area contributed by atoms with E-state index in [1.807, 2.05) is 24.3 Å². The highest BCUT2D eigenvalue weighted by Crippen LogP contribution is 2.34. The Morgan fingerprint density at radius 2 is 1.77 bits per heavy atom. The molecule has 0 saturated carbocycles. The number of benzene rings is 1. The molecule has 3 heterocycles. The first kappa shape index (κ1) is 19.9. The van der Waals surface area contributed by atoms with Crippen molar-refractivity contribution in [2.24, 2.45) is 0 Å². The monoisotopic (exact) mass is 416 g/mol. The Balaban J connectivity index is 1.36. The molecule has 30 heavy (non-hydrogen) atoms. The molecule has 0 saturated heterocycles. The lowest BCUT2D eigenvalue weighted by Gasteiger charge is -2.08. The quantitative estimate of drug-likeness (QED) is 0.311. The van der Waals surface area contributed by atoms with Gasteiger partial charge in [-0.05, 0) is 61.7 Å². The Labute approximate surface area is 168 Å². The number of aryl methyl sites for hydroxylation is 2. The molecule has 0 aliphatic heterocycles. The fourth-order valence-corrected chi connectivity index (χ4v) is 3.06. The molecule has 0 spiro atoms. The lowest BCUT2D eigenvalue weighted by Crippen LogP contribution is -2.08. The van der Waals surface area contributed by atoms with Gasteiger partial charge in [0.25, 0.3) is 0 Å². The molecular weight excluding hydrogens is 400 g/mol. The lowest BCUT2D eigenvalue weighted by molar-refractivity contribution is -0.139. The summed E-state index contributed by atoms with van der Waals surface area (Å²) in [5.41, 5.74) is 0.292. The van der Waals surface area contributed by atoms with E-state index in [1.165, 1.54) is 6.07 Å². The summed E-state index contributed by atoms with van der Waals surface area (Å²) in [4.78, 5) is 8.75. The maximum atomic E-state index is 13.4. The Morgan fingerprint density at radius 3 is 2.60 bits per heavy atom. The van der Waals surface area contributed by atoms with Gasteiger partial charge in [-0.2, -0.15) is 13.2 Å². The predicted octanol–water partition coefficient (Wildman–Crippen LogP) is 5.40. The van der Waals surface area contributed by atoms with Gasteiger partial charge in [-0.15, -0.1) is 10.2 Å². The molecule has 0 aliphatic carbocycles. The second kappa shape index (κ2) is 8.17. The minimum Gasteiger partial charge on any atom is -0.421 e. The third-order valence-corrected chi connectivity index (χ3v) is 4.58. The van der Waals surface area contributed by atoms with Gasteiger partial charge in [0.05, 0.1) is 5.56 Å². The fourth-order valence-electron chi connectivity index (χ4n) is 3.06. The number of unbranched alkanes of at least 4 members (excludes halogenated alkanes) is 1. The molecule has 0 amide bonds. The zero-order valence-electron chi connectivity index (χ0n) is 15.7. The van der Waals surface area contributed by atoms with Crippen molar-refractivity contribution >= 4 is 11.0 Å². The van der Waals surface area contributed by atoms with E-state index >= 15 is 0 Å². The topological polar surface area (TPSA) is 64.7 Å².